The van der Waals surface area contributed by atoms with Gasteiger partial charge < -0.3 is 26.1 Å². The maximum atomic E-state index is 12.8. The van der Waals surface area contributed by atoms with Gasteiger partial charge in [0.25, 0.3) is 0 Å². The minimum absolute atomic E-state index is 0.0646. The van der Waals surface area contributed by atoms with Crippen LogP contribution in [0, 0.1) is 5.41 Å². The molecule has 0 atom stereocenters. The first-order valence-electron chi connectivity index (χ1n) is 7.11. The average Bonchev–Trinajstić information content (AvgIpc) is 2.72. The van der Waals surface area contributed by atoms with E-state index in [1.165, 1.54) is 4.90 Å². The van der Waals surface area contributed by atoms with Gasteiger partial charge >= 0.3 is 0 Å². The van der Waals surface area contributed by atoms with Crippen LogP contribution in [-0.4, -0.2) is 58.4 Å². The number of oxime groups is 1. The van der Waals surface area contributed by atoms with E-state index in [9.17, 15) is 4.79 Å². The van der Waals surface area contributed by atoms with Crippen molar-refractivity contribution >= 4 is 11.7 Å². The first kappa shape index (κ1) is 16.7. The van der Waals surface area contributed by atoms with Crippen molar-refractivity contribution in [3.05, 3.63) is 0 Å². The zero-order valence-electron chi connectivity index (χ0n) is 11.8. The first-order valence-corrected chi connectivity index (χ1v) is 7.11. The summed E-state index contributed by atoms with van der Waals surface area (Å²) in [6, 6.07) is 0. The molecule has 0 aromatic heterocycles. The molecule has 1 fully saturated rings. The van der Waals surface area contributed by atoms with Crippen molar-refractivity contribution in [3.63, 3.8) is 0 Å². The van der Waals surface area contributed by atoms with Crippen molar-refractivity contribution in [2.75, 3.05) is 26.3 Å². The van der Waals surface area contributed by atoms with Gasteiger partial charge in [-0.3, -0.25) is 4.79 Å². The summed E-state index contributed by atoms with van der Waals surface area (Å²) >= 11 is 0. The molecule has 1 aliphatic carbocycles. The van der Waals surface area contributed by atoms with E-state index in [0.29, 0.717) is 12.8 Å². The molecule has 0 spiro atoms. The van der Waals surface area contributed by atoms with Crippen molar-refractivity contribution < 1.29 is 20.2 Å². The smallest absolute Gasteiger partial charge is 0.236 e. The van der Waals surface area contributed by atoms with Crippen LogP contribution in [0.5, 0.6) is 0 Å². The third kappa shape index (κ3) is 3.61. The summed E-state index contributed by atoms with van der Waals surface area (Å²) < 4.78 is 0. The van der Waals surface area contributed by atoms with Crippen LogP contribution in [0.1, 0.15) is 38.5 Å². The van der Waals surface area contributed by atoms with Crippen molar-refractivity contribution in [2.45, 2.75) is 38.5 Å². The fourth-order valence-corrected chi connectivity index (χ4v) is 2.87. The Kier molecular flexibility index (Phi) is 6.74. The summed E-state index contributed by atoms with van der Waals surface area (Å²) in [5.74, 6) is -0.330. The summed E-state index contributed by atoms with van der Waals surface area (Å²) in [7, 11) is 0. The second kappa shape index (κ2) is 8.06. The Morgan fingerprint density at radius 2 is 1.60 bits per heavy atom. The van der Waals surface area contributed by atoms with Crippen LogP contribution in [0.4, 0.5) is 0 Å². The normalized spacial score (nSPS) is 19.4. The predicted molar refractivity (Wildman–Crippen MR) is 74.3 cm³/mol. The zero-order chi connectivity index (χ0) is 15.0. The standard InChI is InChI=1S/C13H25N3O4/c14-11(15-20)13(5-3-1-2-4-6-13)12(19)16(7-9-17)8-10-18/h17-18,20H,1-10H2,(H2,14,15). The molecule has 116 valence electrons. The molecule has 0 unspecified atom stereocenters. The largest absolute Gasteiger partial charge is 0.409 e. The lowest BCUT2D eigenvalue weighted by molar-refractivity contribution is -0.140. The second-order valence-corrected chi connectivity index (χ2v) is 5.22. The average molecular weight is 287 g/mol. The molecule has 1 aliphatic rings. The lowest BCUT2D eigenvalue weighted by atomic mass is 9.77. The summed E-state index contributed by atoms with van der Waals surface area (Å²) in [6.07, 6.45) is 4.80. The lowest BCUT2D eigenvalue weighted by Crippen LogP contribution is -2.52. The van der Waals surface area contributed by atoms with E-state index >= 15 is 0 Å². The van der Waals surface area contributed by atoms with Gasteiger partial charge in [-0.25, -0.2) is 0 Å². The van der Waals surface area contributed by atoms with Gasteiger partial charge in [0.05, 0.1) is 13.2 Å². The molecule has 7 heteroatoms. The number of nitrogens with zero attached hydrogens (tertiary/aromatic N) is 2. The van der Waals surface area contributed by atoms with E-state index in [1.54, 1.807) is 0 Å². The lowest BCUT2D eigenvalue weighted by Gasteiger charge is -2.35. The van der Waals surface area contributed by atoms with Gasteiger partial charge in [-0.05, 0) is 12.8 Å². The number of amidine groups is 1. The fourth-order valence-electron chi connectivity index (χ4n) is 2.87. The number of aliphatic hydroxyl groups is 2. The summed E-state index contributed by atoms with van der Waals surface area (Å²) in [6.45, 7) is -0.0876. The number of aliphatic hydroxyl groups excluding tert-OH is 2. The highest BCUT2D eigenvalue weighted by molar-refractivity contribution is 6.06. The van der Waals surface area contributed by atoms with Crippen LogP contribution in [0.25, 0.3) is 0 Å². The number of carbonyl (C=O) groups excluding carboxylic acids is 1. The van der Waals surface area contributed by atoms with Crippen molar-refractivity contribution in [1.29, 1.82) is 0 Å². The quantitative estimate of drug-likeness (QED) is 0.179. The van der Waals surface area contributed by atoms with Crippen molar-refractivity contribution in [1.82, 2.24) is 4.90 Å². The molecule has 0 aromatic rings. The molecule has 0 aromatic carbocycles. The number of nitrogens with two attached hydrogens (primary N) is 1. The van der Waals surface area contributed by atoms with E-state index in [0.717, 1.165) is 25.7 Å². The molecule has 1 rings (SSSR count). The number of hydrogen-bond donors (Lipinski definition) is 4. The Morgan fingerprint density at radius 3 is 2.00 bits per heavy atom. The van der Waals surface area contributed by atoms with Gasteiger partial charge in [-0.1, -0.05) is 30.8 Å². The molecule has 0 saturated heterocycles. The molecular formula is C13H25N3O4. The predicted octanol–water partition coefficient (Wildman–Crippen LogP) is -0.113. The monoisotopic (exact) mass is 287 g/mol. The Labute approximate surface area is 119 Å². The van der Waals surface area contributed by atoms with Crippen molar-refractivity contribution in [3.8, 4) is 0 Å². The zero-order valence-corrected chi connectivity index (χ0v) is 11.8. The highest BCUT2D eigenvalue weighted by atomic mass is 16.4. The SMILES string of the molecule is NC(=NO)C1(C(=O)N(CCO)CCO)CCCCCC1. The highest BCUT2D eigenvalue weighted by Crippen LogP contribution is 2.37. The molecule has 1 amide bonds. The maximum Gasteiger partial charge on any atom is 0.236 e. The van der Waals surface area contributed by atoms with E-state index in [4.69, 9.17) is 21.2 Å². The van der Waals surface area contributed by atoms with Gasteiger partial charge in [0.15, 0.2) is 5.84 Å². The molecule has 0 aliphatic heterocycles. The Balaban J connectivity index is 3.04. The fraction of sp³-hybridized carbons (Fsp3) is 0.846. The van der Waals surface area contributed by atoms with Crippen LogP contribution in [0.15, 0.2) is 5.16 Å². The van der Waals surface area contributed by atoms with Gasteiger partial charge in [-0.2, -0.15) is 0 Å². The van der Waals surface area contributed by atoms with Gasteiger partial charge in [-0.15, -0.1) is 0 Å². The molecule has 5 N–H and O–H groups in total. The topological polar surface area (TPSA) is 119 Å². The molecular weight excluding hydrogens is 262 g/mol. The molecule has 7 nitrogen and oxygen atoms in total. The van der Waals surface area contributed by atoms with Crippen molar-refractivity contribution in [2.24, 2.45) is 16.3 Å². The first-order chi connectivity index (χ1) is 9.62. The second-order valence-electron chi connectivity index (χ2n) is 5.22. The van der Waals surface area contributed by atoms with E-state index in [1.807, 2.05) is 0 Å². The molecule has 20 heavy (non-hydrogen) atoms. The third-order valence-electron chi connectivity index (χ3n) is 3.99. The Hall–Kier alpha value is -1.34. The Bertz CT molecular complexity index is 333. The van der Waals surface area contributed by atoms with Gasteiger partial charge in [0.2, 0.25) is 5.91 Å². The van der Waals surface area contributed by atoms with Crippen LogP contribution >= 0.6 is 0 Å². The minimum atomic E-state index is -1.00. The van der Waals surface area contributed by atoms with Crippen LogP contribution in [0.2, 0.25) is 0 Å². The molecule has 0 bridgehead atoms. The number of amides is 1. The molecule has 0 heterocycles. The molecule has 1 saturated carbocycles. The number of rotatable bonds is 6. The molecule has 0 radical (unpaired) electrons. The van der Waals surface area contributed by atoms with E-state index in [2.05, 4.69) is 5.16 Å². The summed E-state index contributed by atoms with van der Waals surface area (Å²) in [4.78, 5) is 14.2. The summed E-state index contributed by atoms with van der Waals surface area (Å²) in [5.41, 5.74) is 4.81. The number of hydrogen-bond acceptors (Lipinski definition) is 5. The van der Waals surface area contributed by atoms with Crippen LogP contribution < -0.4 is 5.73 Å². The van der Waals surface area contributed by atoms with Gasteiger partial charge in [0, 0.05) is 13.1 Å². The van der Waals surface area contributed by atoms with E-state index in [-0.39, 0.29) is 38.0 Å². The maximum absolute atomic E-state index is 12.8. The Morgan fingerprint density at radius 1 is 1.10 bits per heavy atom. The van der Waals surface area contributed by atoms with Crippen LogP contribution in [0.3, 0.4) is 0 Å². The minimum Gasteiger partial charge on any atom is -0.409 e. The third-order valence-corrected chi connectivity index (χ3v) is 3.99. The number of carbonyl (C=O) groups is 1. The summed E-state index contributed by atoms with van der Waals surface area (Å²) in [5, 5.41) is 30.2. The van der Waals surface area contributed by atoms with E-state index < -0.39 is 5.41 Å². The highest BCUT2D eigenvalue weighted by Gasteiger charge is 2.45. The van der Waals surface area contributed by atoms with Gasteiger partial charge in [0.1, 0.15) is 5.41 Å². The van der Waals surface area contributed by atoms with Crippen LogP contribution in [-0.2, 0) is 4.79 Å².